The summed E-state index contributed by atoms with van der Waals surface area (Å²) in [6.07, 6.45) is 1.59. The van der Waals surface area contributed by atoms with E-state index in [9.17, 15) is 18.0 Å². The maximum Gasteiger partial charge on any atom is 0.261 e. The molecule has 0 saturated carbocycles. The minimum Gasteiger partial charge on any atom is -0.395 e. The van der Waals surface area contributed by atoms with Crippen molar-refractivity contribution in [2.75, 3.05) is 31.0 Å². The smallest absolute Gasteiger partial charge is 0.261 e. The van der Waals surface area contributed by atoms with Gasteiger partial charge >= 0.3 is 0 Å². The summed E-state index contributed by atoms with van der Waals surface area (Å²) >= 11 is 0. The van der Waals surface area contributed by atoms with Crippen LogP contribution in [0.15, 0.2) is 71.6 Å². The number of amides is 2. The van der Waals surface area contributed by atoms with E-state index < -0.39 is 15.9 Å². The molecule has 0 atom stereocenters. The van der Waals surface area contributed by atoms with Gasteiger partial charge in [-0.15, -0.1) is 0 Å². The van der Waals surface area contributed by atoms with Crippen LogP contribution < -0.4 is 10.0 Å². The minimum absolute atomic E-state index is 0.0567. The Morgan fingerprint density at radius 2 is 1.74 bits per heavy atom. The molecule has 10 heteroatoms. The van der Waals surface area contributed by atoms with Crippen molar-refractivity contribution >= 4 is 27.5 Å². The van der Waals surface area contributed by atoms with Crippen molar-refractivity contribution in [3.8, 4) is 6.07 Å². The van der Waals surface area contributed by atoms with Crippen LogP contribution in [0.3, 0.4) is 0 Å². The molecule has 0 unspecified atom stereocenters. The molecular formula is C29H30N4O5S. The molecule has 0 aliphatic carbocycles. The van der Waals surface area contributed by atoms with Gasteiger partial charge in [0.05, 0.1) is 28.8 Å². The molecule has 2 amide bonds. The number of hydrogen-bond acceptors (Lipinski definition) is 6. The van der Waals surface area contributed by atoms with Gasteiger partial charge in [-0.2, -0.15) is 5.26 Å². The van der Waals surface area contributed by atoms with Gasteiger partial charge in [0.2, 0.25) is 0 Å². The fourth-order valence-electron chi connectivity index (χ4n) is 4.57. The van der Waals surface area contributed by atoms with Gasteiger partial charge < -0.3 is 15.3 Å². The van der Waals surface area contributed by atoms with Crippen LogP contribution in [0.25, 0.3) is 0 Å². The Morgan fingerprint density at radius 1 is 1.03 bits per heavy atom. The maximum atomic E-state index is 13.3. The number of aryl methyl sites for hydroxylation is 1. The summed E-state index contributed by atoms with van der Waals surface area (Å²) in [6, 6.07) is 20.2. The SMILES string of the molecule is Cc1ccc(C(=O)N2CCC(c3ccc(C#N)cc3)CC2)cc1NS(=O)(=O)c1cccc(C(=O)NCCO)c1. The predicted molar refractivity (Wildman–Crippen MR) is 147 cm³/mol. The van der Waals surface area contributed by atoms with Gasteiger partial charge in [-0.25, -0.2) is 8.42 Å². The molecule has 0 bridgehead atoms. The van der Waals surface area contributed by atoms with Gasteiger partial charge in [0.1, 0.15) is 0 Å². The maximum absolute atomic E-state index is 13.3. The molecule has 1 fully saturated rings. The number of nitrogens with one attached hydrogen (secondary N) is 2. The summed E-state index contributed by atoms with van der Waals surface area (Å²) in [5.74, 6) is -0.354. The number of sulfonamides is 1. The fourth-order valence-corrected chi connectivity index (χ4v) is 5.74. The van der Waals surface area contributed by atoms with Gasteiger partial charge in [-0.05, 0) is 79.3 Å². The van der Waals surface area contributed by atoms with Crippen LogP contribution in [0.2, 0.25) is 0 Å². The monoisotopic (exact) mass is 546 g/mol. The van der Waals surface area contributed by atoms with E-state index in [-0.39, 0.29) is 35.2 Å². The van der Waals surface area contributed by atoms with E-state index in [0.29, 0.717) is 35.7 Å². The number of piperidine rings is 1. The number of rotatable bonds is 8. The van der Waals surface area contributed by atoms with Gasteiger partial charge in [0.25, 0.3) is 21.8 Å². The van der Waals surface area contributed by atoms with Crippen LogP contribution in [0, 0.1) is 18.3 Å². The topological polar surface area (TPSA) is 140 Å². The van der Waals surface area contributed by atoms with Crippen molar-refractivity contribution in [1.29, 1.82) is 5.26 Å². The molecule has 0 aromatic heterocycles. The number of nitrogens with zero attached hydrogens (tertiary/aromatic N) is 2. The first-order valence-corrected chi connectivity index (χ1v) is 14.1. The predicted octanol–water partition coefficient (Wildman–Crippen LogP) is 3.41. The van der Waals surface area contributed by atoms with Crippen LogP contribution in [-0.2, 0) is 10.0 Å². The van der Waals surface area contributed by atoms with E-state index in [1.807, 2.05) is 24.3 Å². The first kappa shape index (κ1) is 27.8. The number of hydrogen-bond donors (Lipinski definition) is 3. The molecule has 202 valence electrons. The van der Waals surface area contributed by atoms with Gasteiger partial charge in [0.15, 0.2) is 0 Å². The quantitative estimate of drug-likeness (QED) is 0.396. The van der Waals surface area contributed by atoms with Gasteiger partial charge in [-0.1, -0.05) is 24.3 Å². The zero-order valence-corrected chi connectivity index (χ0v) is 22.4. The molecule has 1 saturated heterocycles. The highest BCUT2D eigenvalue weighted by molar-refractivity contribution is 7.92. The summed E-state index contributed by atoms with van der Waals surface area (Å²) in [4.78, 5) is 27.2. The van der Waals surface area contributed by atoms with Crippen molar-refractivity contribution in [3.05, 3.63) is 94.5 Å². The zero-order chi connectivity index (χ0) is 28.0. The summed E-state index contributed by atoms with van der Waals surface area (Å²) in [7, 11) is -4.05. The number of nitriles is 1. The largest absolute Gasteiger partial charge is 0.395 e. The second-order valence-electron chi connectivity index (χ2n) is 9.44. The highest BCUT2D eigenvalue weighted by Crippen LogP contribution is 2.30. The molecule has 9 nitrogen and oxygen atoms in total. The molecule has 3 N–H and O–H groups in total. The summed E-state index contributed by atoms with van der Waals surface area (Å²) < 4.78 is 28.8. The number of aliphatic hydroxyl groups is 1. The van der Waals surface area contributed by atoms with E-state index in [1.165, 1.54) is 24.3 Å². The summed E-state index contributed by atoms with van der Waals surface area (Å²) in [6.45, 7) is 2.72. The van der Waals surface area contributed by atoms with Crippen molar-refractivity contribution in [1.82, 2.24) is 10.2 Å². The first-order valence-electron chi connectivity index (χ1n) is 12.6. The number of anilines is 1. The van der Waals surface area contributed by atoms with E-state index in [1.54, 1.807) is 30.0 Å². The third-order valence-electron chi connectivity index (χ3n) is 6.83. The Kier molecular flexibility index (Phi) is 8.64. The molecule has 3 aromatic rings. The highest BCUT2D eigenvalue weighted by atomic mass is 32.2. The Hall–Kier alpha value is -4.20. The van der Waals surface area contributed by atoms with E-state index >= 15 is 0 Å². The first-order chi connectivity index (χ1) is 18.7. The molecular weight excluding hydrogens is 516 g/mol. The standard InChI is InChI=1S/C29H30N4O5S/c1-20-5-8-25(29(36)33-14-11-23(12-15-33)22-9-6-21(19-30)7-10-22)18-27(20)32-39(37,38)26-4-2-3-24(17-26)28(35)31-13-16-34/h2-10,17-18,23,32,34H,11-16H2,1H3,(H,31,35). The average Bonchev–Trinajstić information content (AvgIpc) is 2.96. The normalized spacial score (nSPS) is 13.9. The van der Waals surface area contributed by atoms with Crippen molar-refractivity contribution in [3.63, 3.8) is 0 Å². The Labute approximate surface area is 228 Å². The minimum atomic E-state index is -4.05. The van der Waals surface area contributed by atoms with Gasteiger partial charge in [0, 0.05) is 30.8 Å². The van der Waals surface area contributed by atoms with Crippen LogP contribution in [0.5, 0.6) is 0 Å². The third-order valence-corrected chi connectivity index (χ3v) is 8.19. The lowest BCUT2D eigenvalue weighted by molar-refractivity contribution is 0.0713. The fraction of sp³-hybridized carbons (Fsp3) is 0.276. The number of aliphatic hydroxyl groups excluding tert-OH is 1. The lowest BCUT2D eigenvalue weighted by atomic mass is 9.89. The van der Waals surface area contributed by atoms with Crippen LogP contribution in [0.1, 0.15) is 56.2 Å². The molecule has 3 aromatic carbocycles. The van der Waals surface area contributed by atoms with Gasteiger partial charge in [-0.3, -0.25) is 14.3 Å². The zero-order valence-electron chi connectivity index (χ0n) is 21.6. The lowest BCUT2D eigenvalue weighted by Gasteiger charge is -2.32. The second kappa shape index (κ2) is 12.1. The van der Waals surface area contributed by atoms with Crippen molar-refractivity contribution in [2.24, 2.45) is 0 Å². The Bertz CT molecular complexity index is 1510. The Morgan fingerprint density at radius 3 is 2.41 bits per heavy atom. The molecule has 1 aliphatic rings. The molecule has 1 heterocycles. The van der Waals surface area contributed by atoms with Crippen LogP contribution in [-0.4, -0.2) is 56.5 Å². The molecule has 39 heavy (non-hydrogen) atoms. The number of benzene rings is 3. The summed E-state index contributed by atoms with van der Waals surface area (Å²) in [5.41, 5.74) is 3.23. The van der Waals surface area contributed by atoms with Crippen LogP contribution >= 0.6 is 0 Å². The molecule has 0 radical (unpaired) electrons. The summed E-state index contributed by atoms with van der Waals surface area (Å²) in [5, 5.41) is 20.4. The molecule has 1 aliphatic heterocycles. The number of carbonyl (C=O) groups is 2. The van der Waals surface area contributed by atoms with E-state index in [4.69, 9.17) is 10.4 Å². The van der Waals surface area contributed by atoms with E-state index in [0.717, 1.165) is 18.4 Å². The molecule has 4 rings (SSSR count). The van der Waals surface area contributed by atoms with Crippen molar-refractivity contribution in [2.45, 2.75) is 30.6 Å². The third kappa shape index (κ3) is 6.63. The molecule has 0 spiro atoms. The highest BCUT2D eigenvalue weighted by Gasteiger charge is 2.25. The number of carbonyl (C=O) groups excluding carboxylic acids is 2. The average molecular weight is 547 g/mol. The van der Waals surface area contributed by atoms with E-state index in [2.05, 4.69) is 16.1 Å². The van der Waals surface area contributed by atoms with Crippen molar-refractivity contribution < 1.29 is 23.1 Å². The second-order valence-corrected chi connectivity index (χ2v) is 11.1. The Balaban J connectivity index is 1.45. The van der Waals surface area contributed by atoms with Crippen LogP contribution in [0.4, 0.5) is 5.69 Å². The lowest BCUT2D eigenvalue weighted by Crippen LogP contribution is -2.38. The number of likely N-dealkylation sites (tertiary alicyclic amines) is 1.